The Hall–Kier alpha value is -1.99. The Morgan fingerprint density at radius 1 is 1.40 bits per heavy atom. The molecule has 0 aliphatic carbocycles. The number of nitrogens with zero attached hydrogens (tertiary/aromatic N) is 1. The van der Waals surface area contributed by atoms with E-state index in [0.717, 1.165) is 10.0 Å². The number of benzene rings is 1. The summed E-state index contributed by atoms with van der Waals surface area (Å²) in [6.07, 6.45) is 1.30. The number of carbonyl (C=O) groups is 1. The third-order valence-corrected chi connectivity index (χ3v) is 3.76. The number of nitrogens with two attached hydrogens (primary N) is 1. The van der Waals surface area contributed by atoms with Gasteiger partial charge < -0.3 is 10.7 Å². The highest BCUT2D eigenvalue weighted by atomic mass is 79.9. The fraction of sp³-hybridized carbons (Fsp3) is 0.0769. The Morgan fingerprint density at radius 2 is 2.15 bits per heavy atom. The molecule has 20 heavy (non-hydrogen) atoms. The number of hydrazine groups is 1. The second-order valence-corrected chi connectivity index (χ2v) is 4.85. The summed E-state index contributed by atoms with van der Waals surface area (Å²) in [6, 6.07) is 6.69. The van der Waals surface area contributed by atoms with Crippen LogP contribution >= 0.6 is 15.9 Å². The summed E-state index contributed by atoms with van der Waals surface area (Å²) < 4.78 is 14.7. The van der Waals surface area contributed by atoms with Crippen LogP contribution in [-0.4, -0.2) is 10.9 Å². The van der Waals surface area contributed by atoms with Crippen LogP contribution in [0.4, 0.5) is 15.9 Å². The predicted octanol–water partition coefficient (Wildman–Crippen LogP) is 2.83. The highest BCUT2D eigenvalue weighted by molar-refractivity contribution is 9.10. The van der Waals surface area contributed by atoms with Crippen LogP contribution < -0.4 is 16.6 Å². The van der Waals surface area contributed by atoms with Gasteiger partial charge in [0.2, 0.25) is 0 Å². The van der Waals surface area contributed by atoms with Gasteiger partial charge in [-0.2, -0.15) is 0 Å². The van der Waals surface area contributed by atoms with Gasteiger partial charge in [-0.25, -0.2) is 15.2 Å². The van der Waals surface area contributed by atoms with Crippen molar-refractivity contribution >= 4 is 33.3 Å². The molecule has 2 aromatic rings. The summed E-state index contributed by atoms with van der Waals surface area (Å²) in [5.74, 6) is 3.57. The molecule has 1 heterocycles. The van der Waals surface area contributed by atoms with Gasteiger partial charge in [0.15, 0.2) is 11.6 Å². The minimum Gasteiger partial charge on any atom is -0.321 e. The van der Waals surface area contributed by atoms with Crippen LogP contribution in [0.3, 0.4) is 0 Å². The van der Waals surface area contributed by atoms with Gasteiger partial charge in [-0.15, -0.1) is 0 Å². The first-order chi connectivity index (χ1) is 9.54. The predicted molar refractivity (Wildman–Crippen MR) is 78.8 cm³/mol. The van der Waals surface area contributed by atoms with Gasteiger partial charge in [-0.1, -0.05) is 12.1 Å². The fourth-order valence-electron chi connectivity index (χ4n) is 1.65. The first-order valence-electron chi connectivity index (χ1n) is 5.72. The number of aryl methyl sites for hydroxylation is 1. The maximum absolute atomic E-state index is 13.9. The van der Waals surface area contributed by atoms with E-state index in [9.17, 15) is 9.18 Å². The van der Waals surface area contributed by atoms with Crippen molar-refractivity contribution in [1.29, 1.82) is 0 Å². The zero-order valence-electron chi connectivity index (χ0n) is 10.6. The van der Waals surface area contributed by atoms with Crippen molar-refractivity contribution in [1.82, 2.24) is 4.98 Å². The third-order valence-electron chi connectivity index (χ3n) is 2.71. The minimum absolute atomic E-state index is 0.138. The number of nitrogen functional groups attached to an aromatic ring is 1. The number of pyridine rings is 1. The summed E-state index contributed by atoms with van der Waals surface area (Å²) in [7, 11) is 0. The second-order valence-electron chi connectivity index (χ2n) is 4.06. The monoisotopic (exact) mass is 338 g/mol. The zero-order chi connectivity index (χ0) is 14.7. The summed E-state index contributed by atoms with van der Waals surface area (Å²) in [4.78, 5) is 15.8. The van der Waals surface area contributed by atoms with Gasteiger partial charge in [-0.3, -0.25) is 4.79 Å². The molecule has 104 valence electrons. The smallest absolute Gasteiger partial charge is 0.258 e. The quantitative estimate of drug-likeness (QED) is 0.593. The Balaban J connectivity index is 2.31. The minimum atomic E-state index is -0.795. The average molecular weight is 339 g/mol. The number of hydrogen-bond acceptors (Lipinski definition) is 4. The first kappa shape index (κ1) is 14.4. The van der Waals surface area contributed by atoms with Crippen LogP contribution in [-0.2, 0) is 0 Å². The van der Waals surface area contributed by atoms with Crippen molar-refractivity contribution in [2.24, 2.45) is 5.84 Å². The number of anilines is 2. The fourth-order valence-corrected chi connectivity index (χ4v) is 2.02. The average Bonchev–Trinajstić information content (AvgIpc) is 2.44. The molecule has 5 nitrogen and oxygen atoms in total. The van der Waals surface area contributed by atoms with Crippen molar-refractivity contribution < 1.29 is 9.18 Å². The molecule has 1 aromatic carbocycles. The molecule has 1 amide bonds. The van der Waals surface area contributed by atoms with Crippen LogP contribution in [0, 0.1) is 12.7 Å². The topological polar surface area (TPSA) is 80.0 Å². The standard InChI is InChI=1S/C13H12BrFN4O/c1-7-3-2-4-9(10(7)14)18-13(20)8-5-6-17-12(19-16)11(8)15/h2-6H,16H2,1H3,(H,17,19)(H,18,20). The summed E-state index contributed by atoms with van der Waals surface area (Å²) in [5, 5.41) is 2.64. The van der Waals surface area contributed by atoms with Crippen molar-refractivity contribution in [3.05, 3.63) is 51.9 Å². The highest BCUT2D eigenvalue weighted by Gasteiger charge is 2.16. The van der Waals surface area contributed by atoms with E-state index in [1.54, 1.807) is 12.1 Å². The molecule has 0 fully saturated rings. The lowest BCUT2D eigenvalue weighted by atomic mass is 10.2. The van der Waals surface area contributed by atoms with Crippen molar-refractivity contribution in [3.63, 3.8) is 0 Å². The molecule has 0 saturated heterocycles. The van der Waals surface area contributed by atoms with Gasteiger partial charge >= 0.3 is 0 Å². The number of aromatic nitrogens is 1. The van der Waals surface area contributed by atoms with Gasteiger partial charge in [-0.05, 0) is 40.5 Å². The van der Waals surface area contributed by atoms with E-state index in [1.807, 2.05) is 13.0 Å². The van der Waals surface area contributed by atoms with Crippen LogP contribution in [0.5, 0.6) is 0 Å². The normalized spacial score (nSPS) is 10.2. The summed E-state index contributed by atoms with van der Waals surface area (Å²) in [5.41, 5.74) is 3.49. The van der Waals surface area contributed by atoms with E-state index >= 15 is 0 Å². The Kier molecular flexibility index (Phi) is 4.31. The molecule has 0 spiro atoms. The maximum Gasteiger partial charge on any atom is 0.258 e. The molecule has 0 bridgehead atoms. The molecule has 2 rings (SSSR count). The second kappa shape index (κ2) is 5.98. The highest BCUT2D eigenvalue weighted by Crippen LogP contribution is 2.26. The number of rotatable bonds is 3. The SMILES string of the molecule is Cc1cccc(NC(=O)c2ccnc(NN)c2F)c1Br. The zero-order valence-corrected chi connectivity index (χ0v) is 12.2. The molecule has 7 heteroatoms. The van der Waals surface area contributed by atoms with Gasteiger partial charge in [0.05, 0.1) is 11.3 Å². The molecule has 0 saturated carbocycles. The van der Waals surface area contributed by atoms with E-state index < -0.39 is 11.7 Å². The first-order valence-corrected chi connectivity index (χ1v) is 6.51. The van der Waals surface area contributed by atoms with E-state index in [2.05, 4.69) is 31.7 Å². The number of amides is 1. The van der Waals surface area contributed by atoms with Crippen molar-refractivity contribution in [2.75, 3.05) is 10.7 Å². The molecular weight excluding hydrogens is 327 g/mol. The summed E-state index contributed by atoms with van der Waals surface area (Å²) >= 11 is 3.37. The molecule has 0 radical (unpaired) electrons. The van der Waals surface area contributed by atoms with Gasteiger partial charge in [0, 0.05) is 10.7 Å². The lowest BCUT2D eigenvalue weighted by Crippen LogP contribution is -2.17. The molecule has 1 aromatic heterocycles. The summed E-state index contributed by atoms with van der Waals surface area (Å²) in [6.45, 7) is 1.89. The third kappa shape index (κ3) is 2.78. The lowest BCUT2D eigenvalue weighted by Gasteiger charge is -2.10. The molecule has 0 atom stereocenters. The van der Waals surface area contributed by atoms with Gasteiger partial charge in [0.1, 0.15) is 0 Å². The van der Waals surface area contributed by atoms with Crippen LogP contribution in [0.2, 0.25) is 0 Å². The number of carbonyl (C=O) groups excluding carboxylic acids is 1. The maximum atomic E-state index is 13.9. The van der Waals surface area contributed by atoms with Gasteiger partial charge in [0.25, 0.3) is 5.91 Å². The van der Waals surface area contributed by atoms with Crippen LogP contribution in [0.15, 0.2) is 34.9 Å². The lowest BCUT2D eigenvalue weighted by molar-refractivity contribution is 0.102. The molecule has 4 N–H and O–H groups in total. The van der Waals surface area contributed by atoms with Crippen molar-refractivity contribution in [3.8, 4) is 0 Å². The number of hydrogen-bond donors (Lipinski definition) is 3. The number of halogens is 2. The Labute approximate surface area is 123 Å². The number of nitrogens with one attached hydrogen (secondary N) is 2. The molecule has 0 aliphatic rings. The Morgan fingerprint density at radius 3 is 2.85 bits per heavy atom. The van der Waals surface area contributed by atoms with E-state index in [-0.39, 0.29) is 11.4 Å². The van der Waals surface area contributed by atoms with Crippen LogP contribution in [0.25, 0.3) is 0 Å². The molecule has 0 aliphatic heterocycles. The van der Waals surface area contributed by atoms with Crippen LogP contribution in [0.1, 0.15) is 15.9 Å². The van der Waals surface area contributed by atoms with E-state index in [1.165, 1.54) is 12.3 Å². The molecular formula is C13H12BrFN4O. The largest absolute Gasteiger partial charge is 0.321 e. The van der Waals surface area contributed by atoms with Crippen molar-refractivity contribution in [2.45, 2.75) is 6.92 Å². The Bertz CT molecular complexity index is 663. The van der Waals surface area contributed by atoms with E-state index in [0.29, 0.717) is 5.69 Å². The molecule has 0 unspecified atom stereocenters. The van der Waals surface area contributed by atoms with E-state index in [4.69, 9.17) is 5.84 Å².